The van der Waals surface area contributed by atoms with Gasteiger partial charge in [-0.3, -0.25) is 0 Å². The second-order valence-electron chi connectivity index (χ2n) is 6.98. The quantitative estimate of drug-likeness (QED) is 0.656. The van der Waals surface area contributed by atoms with Gasteiger partial charge in [0.1, 0.15) is 0 Å². The Bertz CT molecular complexity index is 833. The van der Waals surface area contributed by atoms with Gasteiger partial charge >= 0.3 is 11.9 Å². The topological polar surface area (TPSA) is 74.6 Å². The summed E-state index contributed by atoms with van der Waals surface area (Å²) >= 11 is 0. The summed E-state index contributed by atoms with van der Waals surface area (Å²) in [6, 6.07) is 10.3. The summed E-state index contributed by atoms with van der Waals surface area (Å²) in [6.45, 7) is 11.2. The van der Waals surface area contributed by atoms with Gasteiger partial charge in [0.25, 0.3) is 0 Å². The van der Waals surface area contributed by atoms with Crippen molar-refractivity contribution in [2.75, 3.05) is 0 Å². The zero-order valence-corrected chi connectivity index (χ0v) is 15.7. The van der Waals surface area contributed by atoms with E-state index in [9.17, 15) is 19.8 Å². The normalized spacial score (nSPS) is 11.0. The van der Waals surface area contributed by atoms with E-state index >= 15 is 0 Å². The predicted molar refractivity (Wildman–Crippen MR) is 107 cm³/mol. The SMILES string of the molecule is C=CCc1ccc(C(=O)O)c(C(C)(C)c2cc(CC=C)ccc2C(=O)O)c1. The Morgan fingerprint density at radius 2 is 1.22 bits per heavy atom. The van der Waals surface area contributed by atoms with Crippen LogP contribution in [-0.2, 0) is 18.3 Å². The molecule has 4 heteroatoms. The maximum absolute atomic E-state index is 11.8. The number of aromatic carboxylic acids is 2. The highest BCUT2D eigenvalue weighted by atomic mass is 16.4. The summed E-state index contributed by atoms with van der Waals surface area (Å²) in [4.78, 5) is 23.6. The number of carboxylic acid groups (broad SMARTS) is 2. The molecule has 0 saturated carbocycles. The zero-order chi connectivity index (χ0) is 20.2. The Labute approximate surface area is 159 Å². The lowest BCUT2D eigenvalue weighted by molar-refractivity contribution is 0.0686. The number of carboxylic acids is 2. The fourth-order valence-corrected chi connectivity index (χ4v) is 3.32. The number of hydrogen-bond acceptors (Lipinski definition) is 2. The molecule has 0 aliphatic rings. The third-order valence-corrected chi connectivity index (χ3v) is 4.74. The largest absolute Gasteiger partial charge is 0.478 e. The minimum Gasteiger partial charge on any atom is -0.478 e. The third-order valence-electron chi connectivity index (χ3n) is 4.74. The molecule has 0 fully saturated rings. The van der Waals surface area contributed by atoms with Gasteiger partial charge in [-0.05, 0) is 47.2 Å². The Kier molecular flexibility index (Phi) is 6.01. The van der Waals surface area contributed by atoms with E-state index in [4.69, 9.17) is 0 Å². The Morgan fingerprint density at radius 3 is 1.52 bits per heavy atom. The van der Waals surface area contributed by atoms with Crippen molar-refractivity contribution in [2.45, 2.75) is 32.1 Å². The highest BCUT2D eigenvalue weighted by molar-refractivity contribution is 5.92. The van der Waals surface area contributed by atoms with Crippen molar-refractivity contribution < 1.29 is 19.8 Å². The van der Waals surface area contributed by atoms with Crippen molar-refractivity contribution in [3.05, 3.63) is 95.1 Å². The lowest BCUT2D eigenvalue weighted by atomic mass is 9.73. The first kappa shape index (κ1) is 20.2. The maximum atomic E-state index is 11.8. The van der Waals surface area contributed by atoms with Gasteiger partial charge in [-0.1, -0.05) is 50.3 Å². The van der Waals surface area contributed by atoms with E-state index in [0.29, 0.717) is 24.0 Å². The van der Waals surface area contributed by atoms with Crippen LogP contribution in [0.4, 0.5) is 0 Å². The molecule has 2 rings (SSSR count). The average Bonchev–Trinajstić information content (AvgIpc) is 2.61. The monoisotopic (exact) mass is 364 g/mol. The first-order valence-electron chi connectivity index (χ1n) is 8.67. The van der Waals surface area contributed by atoms with Crippen LogP contribution in [0.2, 0.25) is 0 Å². The number of benzene rings is 2. The van der Waals surface area contributed by atoms with Crippen molar-refractivity contribution >= 4 is 11.9 Å². The van der Waals surface area contributed by atoms with E-state index in [2.05, 4.69) is 13.2 Å². The molecule has 0 aliphatic carbocycles. The fourth-order valence-electron chi connectivity index (χ4n) is 3.32. The zero-order valence-electron chi connectivity index (χ0n) is 15.7. The van der Waals surface area contributed by atoms with Gasteiger partial charge in [0, 0.05) is 5.41 Å². The highest BCUT2D eigenvalue weighted by Crippen LogP contribution is 2.37. The summed E-state index contributed by atoms with van der Waals surface area (Å²) in [7, 11) is 0. The van der Waals surface area contributed by atoms with Gasteiger partial charge in [0.05, 0.1) is 11.1 Å². The van der Waals surface area contributed by atoms with Crippen LogP contribution < -0.4 is 0 Å². The molecule has 0 aromatic heterocycles. The van der Waals surface area contributed by atoms with Gasteiger partial charge in [-0.2, -0.15) is 0 Å². The molecular weight excluding hydrogens is 340 g/mol. The number of allylic oxidation sites excluding steroid dienone is 2. The summed E-state index contributed by atoms with van der Waals surface area (Å²) in [5.41, 5.74) is 2.52. The lowest BCUT2D eigenvalue weighted by Gasteiger charge is -2.30. The summed E-state index contributed by atoms with van der Waals surface area (Å²) in [5.74, 6) is -2.08. The Hall–Kier alpha value is -3.14. The van der Waals surface area contributed by atoms with Gasteiger partial charge in [-0.15, -0.1) is 13.2 Å². The molecular formula is C23H24O4. The molecule has 2 aromatic rings. The first-order chi connectivity index (χ1) is 12.7. The van der Waals surface area contributed by atoms with Crippen molar-refractivity contribution in [1.82, 2.24) is 0 Å². The van der Waals surface area contributed by atoms with Crippen molar-refractivity contribution in [3.8, 4) is 0 Å². The molecule has 27 heavy (non-hydrogen) atoms. The van der Waals surface area contributed by atoms with Gasteiger partial charge in [0.15, 0.2) is 0 Å². The van der Waals surface area contributed by atoms with Crippen LogP contribution in [0, 0.1) is 0 Å². The van der Waals surface area contributed by atoms with E-state index in [1.54, 1.807) is 36.4 Å². The molecule has 0 aliphatic heterocycles. The molecule has 140 valence electrons. The van der Waals surface area contributed by atoms with Crippen molar-refractivity contribution in [2.24, 2.45) is 0 Å². The summed E-state index contributed by atoms with van der Waals surface area (Å²) < 4.78 is 0. The molecule has 0 bridgehead atoms. The number of rotatable bonds is 8. The molecule has 0 radical (unpaired) electrons. The molecule has 0 atom stereocenters. The van der Waals surface area contributed by atoms with Gasteiger partial charge < -0.3 is 10.2 Å². The maximum Gasteiger partial charge on any atom is 0.335 e. The van der Waals surface area contributed by atoms with E-state index in [0.717, 1.165) is 11.1 Å². The minimum atomic E-state index is -1.04. The van der Waals surface area contributed by atoms with Crippen LogP contribution in [-0.4, -0.2) is 22.2 Å². The van der Waals surface area contributed by atoms with E-state index in [1.165, 1.54) is 0 Å². The molecule has 0 spiro atoms. The van der Waals surface area contributed by atoms with Crippen molar-refractivity contribution in [3.63, 3.8) is 0 Å². The third kappa shape index (κ3) is 4.17. The molecule has 0 unspecified atom stereocenters. The standard InChI is InChI=1S/C23H24O4/c1-5-7-15-9-11-17(21(24)25)19(13-15)23(3,4)20-14-16(8-6-2)10-12-18(20)22(26)27/h5-6,9-14H,1-2,7-8H2,3-4H3,(H,24,25)(H,26,27). The van der Waals surface area contributed by atoms with Gasteiger partial charge in [-0.25, -0.2) is 9.59 Å². The number of hydrogen-bond donors (Lipinski definition) is 2. The minimum absolute atomic E-state index is 0.165. The Morgan fingerprint density at radius 1 is 0.852 bits per heavy atom. The summed E-state index contributed by atoms with van der Waals surface area (Å²) in [6.07, 6.45) is 4.70. The van der Waals surface area contributed by atoms with Crippen LogP contribution in [0.15, 0.2) is 61.7 Å². The number of carbonyl (C=O) groups is 2. The second kappa shape index (κ2) is 8.04. The van der Waals surface area contributed by atoms with Gasteiger partial charge in [0.2, 0.25) is 0 Å². The van der Waals surface area contributed by atoms with Crippen molar-refractivity contribution in [1.29, 1.82) is 0 Å². The van der Waals surface area contributed by atoms with E-state index < -0.39 is 17.4 Å². The molecule has 0 saturated heterocycles. The molecule has 2 N–H and O–H groups in total. The highest BCUT2D eigenvalue weighted by Gasteiger charge is 2.32. The van der Waals surface area contributed by atoms with Crippen LogP contribution in [0.5, 0.6) is 0 Å². The first-order valence-corrected chi connectivity index (χ1v) is 8.67. The van der Waals surface area contributed by atoms with Crippen LogP contribution >= 0.6 is 0 Å². The van der Waals surface area contributed by atoms with Crippen LogP contribution in [0.25, 0.3) is 0 Å². The second-order valence-corrected chi connectivity index (χ2v) is 6.98. The smallest absolute Gasteiger partial charge is 0.335 e. The predicted octanol–water partition coefficient (Wildman–Crippen LogP) is 4.87. The molecule has 4 nitrogen and oxygen atoms in total. The summed E-state index contributed by atoms with van der Waals surface area (Å²) in [5, 5.41) is 19.3. The van der Waals surface area contributed by atoms with E-state index in [1.807, 2.05) is 26.0 Å². The van der Waals surface area contributed by atoms with E-state index in [-0.39, 0.29) is 11.1 Å². The van der Waals surface area contributed by atoms with Crippen LogP contribution in [0.3, 0.4) is 0 Å². The molecule has 0 amide bonds. The lowest BCUT2D eigenvalue weighted by Crippen LogP contribution is -2.26. The van der Waals surface area contributed by atoms with Crippen LogP contribution in [0.1, 0.15) is 56.8 Å². The Balaban J connectivity index is 2.77. The fraction of sp³-hybridized carbons (Fsp3) is 0.217. The average molecular weight is 364 g/mol. The molecule has 2 aromatic carbocycles. The molecule has 0 heterocycles.